The van der Waals surface area contributed by atoms with Crippen LogP contribution in [0.25, 0.3) is 0 Å². The van der Waals surface area contributed by atoms with Crippen molar-refractivity contribution in [3.05, 3.63) is 58.1 Å². The third-order valence-corrected chi connectivity index (χ3v) is 6.09. The molecule has 2 aromatic rings. The first-order valence-corrected chi connectivity index (χ1v) is 10.6. The molecule has 1 fully saturated rings. The van der Waals surface area contributed by atoms with Gasteiger partial charge in [0.05, 0.1) is 5.02 Å². The van der Waals surface area contributed by atoms with Crippen LogP contribution in [0.2, 0.25) is 10.0 Å². The number of rotatable bonds is 7. The van der Waals surface area contributed by atoms with E-state index < -0.39 is 0 Å². The average Bonchev–Trinajstić information content (AvgIpc) is 2.67. The van der Waals surface area contributed by atoms with Gasteiger partial charge in [-0.1, -0.05) is 35.3 Å². The third kappa shape index (κ3) is 6.61. The summed E-state index contributed by atoms with van der Waals surface area (Å²) < 4.78 is 10.9. The lowest BCUT2D eigenvalue weighted by molar-refractivity contribution is -0.118. The summed E-state index contributed by atoms with van der Waals surface area (Å²) in [5.41, 5.74) is 1.95. The van der Waals surface area contributed by atoms with E-state index in [1.807, 2.05) is 30.0 Å². The highest BCUT2D eigenvalue weighted by Gasteiger charge is 2.14. The molecule has 7 heteroatoms. The molecule has 0 atom stereocenters. The number of benzene rings is 2. The van der Waals surface area contributed by atoms with E-state index in [0.717, 1.165) is 37.5 Å². The van der Waals surface area contributed by atoms with E-state index in [-0.39, 0.29) is 12.5 Å². The normalized spacial score (nSPS) is 14.7. The van der Waals surface area contributed by atoms with Crippen molar-refractivity contribution in [2.75, 3.05) is 25.1 Å². The van der Waals surface area contributed by atoms with Gasteiger partial charge in [-0.05, 0) is 48.7 Å². The van der Waals surface area contributed by atoms with Gasteiger partial charge in [-0.25, -0.2) is 0 Å². The number of nitrogens with one attached hydrogen (secondary N) is 1. The van der Waals surface area contributed by atoms with Gasteiger partial charge in [0.2, 0.25) is 0 Å². The number of carbonyl (C=O) groups is 1. The lowest BCUT2D eigenvalue weighted by atomic mass is 10.2. The Morgan fingerprint density at radius 1 is 1.19 bits per heavy atom. The Morgan fingerprint density at radius 3 is 2.78 bits per heavy atom. The Labute approximate surface area is 173 Å². The maximum absolute atomic E-state index is 12.2. The molecule has 0 bridgehead atoms. The number of halogens is 2. The Kier molecular flexibility index (Phi) is 7.70. The third-order valence-electron chi connectivity index (χ3n) is 4.12. The molecule has 1 aliphatic heterocycles. The molecule has 144 valence electrons. The number of carbonyl (C=O) groups excluding carboxylic acids is 1. The molecule has 1 amide bonds. The van der Waals surface area contributed by atoms with Gasteiger partial charge in [0.1, 0.15) is 5.75 Å². The average molecular weight is 426 g/mol. The van der Waals surface area contributed by atoms with Gasteiger partial charge in [0.25, 0.3) is 5.91 Å². The minimum atomic E-state index is -0.241. The van der Waals surface area contributed by atoms with Crippen LogP contribution < -0.4 is 10.1 Å². The molecule has 1 aliphatic rings. The minimum absolute atomic E-state index is 0.123. The summed E-state index contributed by atoms with van der Waals surface area (Å²) in [6.45, 7) is 1.58. The maximum Gasteiger partial charge on any atom is 0.262 e. The summed E-state index contributed by atoms with van der Waals surface area (Å²) >= 11 is 13.8. The van der Waals surface area contributed by atoms with Crippen molar-refractivity contribution < 1.29 is 14.3 Å². The summed E-state index contributed by atoms with van der Waals surface area (Å²) in [6.07, 6.45) is 2.21. The maximum atomic E-state index is 12.2. The van der Waals surface area contributed by atoms with Crippen molar-refractivity contribution in [3.8, 4) is 5.75 Å². The molecular formula is C20H21Cl2NO3S. The number of hydrogen-bond acceptors (Lipinski definition) is 4. The highest BCUT2D eigenvalue weighted by Crippen LogP contribution is 2.28. The van der Waals surface area contributed by atoms with Gasteiger partial charge in [-0.3, -0.25) is 4.79 Å². The van der Waals surface area contributed by atoms with Gasteiger partial charge in [0.15, 0.2) is 6.61 Å². The van der Waals surface area contributed by atoms with E-state index in [4.69, 9.17) is 32.7 Å². The predicted molar refractivity (Wildman–Crippen MR) is 112 cm³/mol. The molecule has 2 aromatic carbocycles. The monoisotopic (exact) mass is 425 g/mol. The van der Waals surface area contributed by atoms with E-state index in [1.54, 1.807) is 18.2 Å². The van der Waals surface area contributed by atoms with Crippen molar-refractivity contribution in [2.24, 2.45) is 0 Å². The molecule has 1 heterocycles. The Hall–Kier alpha value is -1.40. The van der Waals surface area contributed by atoms with Crippen LogP contribution in [0.15, 0.2) is 42.5 Å². The second-order valence-corrected chi connectivity index (χ2v) is 8.37. The highest BCUT2D eigenvalue weighted by atomic mass is 35.5. The largest absolute Gasteiger partial charge is 0.482 e. The van der Waals surface area contributed by atoms with E-state index in [0.29, 0.717) is 21.0 Å². The number of ether oxygens (including phenoxy) is 2. The standard InChI is InChI=1S/C20H21Cl2NO3S/c21-15-4-5-19(18(22)11-15)26-12-20(24)23-16-3-1-2-14(10-16)13-27-17-6-8-25-9-7-17/h1-5,10-11,17H,6-9,12-13H2,(H,23,24). The number of hydrogen-bond donors (Lipinski definition) is 1. The van der Waals surface area contributed by atoms with Crippen LogP contribution in [0.5, 0.6) is 5.75 Å². The zero-order chi connectivity index (χ0) is 19.1. The minimum Gasteiger partial charge on any atom is -0.482 e. The van der Waals surface area contributed by atoms with Crippen LogP contribution in [0.4, 0.5) is 5.69 Å². The van der Waals surface area contributed by atoms with E-state index in [1.165, 1.54) is 5.56 Å². The molecule has 3 rings (SSSR count). The Bertz CT molecular complexity index is 782. The van der Waals surface area contributed by atoms with Crippen molar-refractivity contribution in [1.29, 1.82) is 0 Å². The van der Waals surface area contributed by atoms with Gasteiger partial charge < -0.3 is 14.8 Å². The van der Waals surface area contributed by atoms with Crippen molar-refractivity contribution in [1.82, 2.24) is 0 Å². The summed E-state index contributed by atoms with van der Waals surface area (Å²) in [6, 6.07) is 12.8. The molecule has 0 radical (unpaired) electrons. The first-order chi connectivity index (χ1) is 13.1. The topological polar surface area (TPSA) is 47.6 Å². The second kappa shape index (κ2) is 10.2. The molecule has 0 aliphatic carbocycles. The molecule has 1 saturated heterocycles. The van der Waals surface area contributed by atoms with E-state index >= 15 is 0 Å². The zero-order valence-electron chi connectivity index (χ0n) is 14.8. The van der Waals surface area contributed by atoms with Gasteiger partial charge >= 0.3 is 0 Å². The van der Waals surface area contributed by atoms with Crippen LogP contribution in [0, 0.1) is 0 Å². The Balaban J connectivity index is 1.48. The van der Waals surface area contributed by atoms with E-state index in [2.05, 4.69) is 11.4 Å². The molecule has 27 heavy (non-hydrogen) atoms. The predicted octanol–water partition coefficient (Wildman–Crippen LogP) is 5.42. The van der Waals surface area contributed by atoms with Gasteiger partial charge in [0, 0.05) is 34.9 Å². The van der Waals surface area contributed by atoms with Crippen molar-refractivity contribution in [2.45, 2.75) is 23.8 Å². The number of amides is 1. The fourth-order valence-electron chi connectivity index (χ4n) is 2.73. The summed E-state index contributed by atoms with van der Waals surface area (Å²) in [7, 11) is 0. The summed E-state index contributed by atoms with van der Waals surface area (Å²) in [5.74, 6) is 1.11. The molecule has 1 N–H and O–H groups in total. The van der Waals surface area contributed by atoms with Gasteiger partial charge in [-0.15, -0.1) is 0 Å². The molecule has 0 spiro atoms. The SMILES string of the molecule is O=C(COc1ccc(Cl)cc1Cl)Nc1cccc(CSC2CCOCC2)c1. The zero-order valence-corrected chi connectivity index (χ0v) is 17.1. The quantitative estimate of drug-likeness (QED) is 0.642. The molecule has 4 nitrogen and oxygen atoms in total. The summed E-state index contributed by atoms with van der Waals surface area (Å²) in [4.78, 5) is 12.2. The fraction of sp³-hybridized carbons (Fsp3) is 0.350. The Morgan fingerprint density at radius 2 is 2.00 bits per heavy atom. The van der Waals surface area contributed by atoms with E-state index in [9.17, 15) is 4.79 Å². The van der Waals surface area contributed by atoms with Crippen LogP contribution in [-0.4, -0.2) is 31.0 Å². The number of anilines is 1. The summed E-state index contributed by atoms with van der Waals surface area (Å²) in [5, 5.41) is 4.40. The molecular weight excluding hydrogens is 405 g/mol. The lowest BCUT2D eigenvalue weighted by Gasteiger charge is -2.21. The van der Waals surface area contributed by atoms with Crippen LogP contribution in [0.1, 0.15) is 18.4 Å². The van der Waals surface area contributed by atoms with Crippen molar-refractivity contribution in [3.63, 3.8) is 0 Å². The smallest absolute Gasteiger partial charge is 0.262 e. The second-order valence-electron chi connectivity index (χ2n) is 6.23. The first kappa shape index (κ1) is 20.3. The fourth-order valence-corrected chi connectivity index (χ4v) is 4.32. The van der Waals surface area contributed by atoms with Crippen molar-refractivity contribution >= 4 is 46.6 Å². The highest BCUT2D eigenvalue weighted by molar-refractivity contribution is 7.99. The number of thioether (sulfide) groups is 1. The molecule has 0 unspecified atom stereocenters. The lowest BCUT2D eigenvalue weighted by Crippen LogP contribution is -2.20. The van der Waals surface area contributed by atoms with Crippen LogP contribution in [-0.2, 0) is 15.3 Å². The molecule has 0 saturated carbocycles. The molecule has 0 aromatic heterocycles. The first-order valence-electron chi connectivity index (χ1n) is 8.76. The van der Waals surface area contributed by atoms with Crippen LogP contribution >= 0.6 is 35.0 Å². The van der Waals surface area contributed by atoms with Crippen LogP contribution in [0.3, 0.4) is 0 Å². The van der Waals surface area contributed by atoms with Gasteiger partial charge in [-0.2, -0.15) is 11.8 Å².